The molecule has 0 bridgehead atoms. The SMILES string of the molecule is COc1ccc(-c2c(C)oc3cc(OC(=O)c4ccccc4)ccc3c2=O)cc1. The highest BCUT2D eigenvalue weighted by atomic mass is 16.5. The largest absolute Gasteiger partial charge is 0.497 e. The van der Waals surface area contributed by atoms with Gasteiger partial charge < -0.3 is 13.9 Å². The van der Waals surface area contributed by atoms with Crippen LogP contribution in [0.1, 0.15) is 16.1 Å². The highest BCUT2D eigenvalue weighted by Gasteiger charge is 2.15. The monoisotopic (exact) mass is 386 g/mol. The molecule has 0 saturated carbocycles. The summed E-state index contributed by atoms with van der Waals surface area (Å²) >= 11 is 0. The molecule has 0 atom stereocenters. The number of esters is 1. The Balaban J connectivity index is 1.71. The Morgan fingerprint density at radius 3 is 2.28 bits per heavy atom. The fraction of sp³-hybridized carbons (Fsp3) is 0.0833. The molecule has 0 spiro atoms. The molecular weight excluding hydrogens is 368 g/mol. The normalized spacial score (nSPS) is 10.7. The van der Waals surface area contributed by atoms with Gasteiger partial charge in [-0.2, -0.15) is 0 Å². The lowest BCUT2D eigenvalue weighted by molar-refractivity contribution is 0.0735. The van der Waals surface area contributed by atoms with Crippen molar-refractivity contribution in [2.45, 2.75) is 6.92 Å². The third kappa shape index (κ3) is 3.62. The van der Waals surface area contributed by atoms with E-state index in [1.165, 1.54) is 0 Å². The van der Waals surface area contributed by atoms with Crippen molar-refractivity contribution in [2.75, 3.05) is 7.11 Å². The van der Waals surface area contributed by atoms with Crippen LogP contribution < -0.4 is 14.9 Å². The molecule has 0 unspecified atom stereocenters. The second-order valence-corrected chi connectivity index (χ2v) is 6.50. The van der Waals surface area contributed by atoms with E-state index in [4.69, 9.17) is 13.9 Å². The number of rotatable bonds is 4. The number of fused-ring (bicyclic) bond motifs is 1. The van der Waals surface area contributed by atoms with E-state index < -0.39 is 5.97 Å². The summed E-state index contributed by atoms with van der Waals surface area (Å²) in [5.41, 5.74) is 1.91. The van der Waals surface area contributed by atoms with Crippen LogP contribution in [0.5, 0.6) is 11.5 Å². The van der Waals surface area contributed by atoms with Crippen molar-refractivity contribution in [1.82, 2.24) is 0 Å². The Labute approximate surface area is 167 Å². The second-order valence-electron chi connectivity index (χ2n) is 6.50. The van der Waals surface area contributed by atoms with E-state index >= 15 is 0 Å². The number of ether oxygens (including phenoxy) is 2. The summed E-state index contributed by atoms with van der Waals surface area (Å²) in [6.45, 7) is 1.74. The molecule has 1 heterocycles. The Kier molecular flexibility index (Phi) is 4.87. The van der Waals surface area contributed by atoms with Crippen LogP contribution in [0.15, 0.2) is 82.0 Å². The van der Waals surface area contributed by atoms with Crippen LogP contribution in [0.25, 0.3) is 22.1 Å². The zero-order valence-electron chi connectivity index (χ0n) is 16.0. The molecule has 1 aromatic heterocycles. The van der Waals surface area contributed by atoms with Gasteiger partial charge in [0.15, 0.2) is 0 Å². The number of methoxy groups -OCH3 is 1. The average molecular weight is 386 g/mol. The minimum Gasteiger partial charge on any atom is -0.497 e. The zero-order valence-corrected chi connectivity index (χ0v) is 16.0. The molecular formula is C24H18O5. The Hall–Kier alpha value is -3.86. The van der Waals surface area contributed by atoms with Gasteiger partial charge in [0.2, 0.25) is 5.43 Å². The van der Waals surface area contributed by atoms with Gasteiger partial charge in [-0.25, -0.2) is 4.79 Å². The number of hydrogen-bond donors (Lipinski definition) is 0. The maximum Gasteiger partial charge on any atom is 0.343 e. The molecule has 4 rings (SSSR count). The van der Waals surface area contributed by atoms with Crippen LogP contribution in [0.2, 0.25) is 0 Å². The van der Waals surface area contributed by atoms with Crippen molar-refractivity contribution in [3.63, 3.8) is 0 Å². The third-order valence-corrected chi connectivity index (χ3v) is 4.64. The molecule has 3 aromatic carbocycles. The first-order valence-electron chi connectivity index (χ1n) is 9.06. The van der Waals surface area contributed by atoms with E-state index in [0.717, 1.165) is 5.56 Å². The molecule has 0 fully saturated rings. The fourth-order valence-electron chi connectivity index (χ4n) is 3.18. The Morgan fingerprint density at radius 2 is 1.59 bits per heavy atom. The number of carbonyl (C=O) groups excluding carboxylic acids is 1. The molecule has 4 aromatic rings. The number of benzene rings is 3. The highest BCUT2D eigenvalue weighted by Crippen LogP contribution is 2.27. The molecule has 0 radical (unpaired) electrons. The minimum atomic E-state index is -0.473. The third-order valence-electron chi connectivity index (χ3n) is 4.64. The average Bonchev–Trinajstić information content (AvgIpc) is 2.74. The van der Waals surface area contributed by atoms with Crippen LogP contribution >= 0.6 is 0 Å². The minimum absolute atomic E-state index is 0.144. The topological polar surface area (TPSA) is 65.7 Å². The zero-order chi connectivity index (χ0) is 20.4. The maximum absolute atomic E-state index is 13.1. The van der Waals surface area contributed by atoms with Crippen molar-refractivity contribution in [3.05, 3.63) is 94.3 Å². The van der Waals surface area contributed by atoms with Crippen molar-refractivity contribution in [2.24, 2.45) is 0 Å². The molecule has 5 heteroatoms. The molecule has 0 aliphatic carbocycles. The lowest BCUT2D eigenvalue weighted by Gasteiger charge is -2.09. The molecule has 0 N–H and O–H groups in total. The van der Waals surface area contributed by atoms with Crippen molar-refractivity contribution < 1.29 is 18.7 Å². The van der Waals surface area contributed by atoms with Gasteiger partial charge in [0.1, 0.15) is 22.8 Å². The number of aryl methyl sites for hydroxylation is 1. The predicted octanol–water partition coefficient (Wildman–Crippen LogP) is 5.00. The molecule has 0 aliphatic rings. The Bertz CT molecular complexity index is 1240. The quantitative estimate of drug-likeness (QED) is 0.365. The second kappa shape index (κ2) is 7.64. The van der Waals surface area contributed by atoms with E-state index in [2.05, 4.69) is 0 Å². The first-order chi connectivity index (χ1) is 14.1. The standard InChI is InChI=1S/C24H18O5/c1-15-22(16-8-10-18(27-2)11-9-16)23(25)20-13-12-19(14-21(20)28-15)29-24(26)17-6-4-3-5-7-17/h3-14H,1-2H3. The summed E-state index contributed by atoms with van der Waals surface area (Å²) in [5.74, 6) is 1.03. The summed E-state index contributed by atoms with van der Waals surface area (Å²) in [6, 6.07) is 20.7. The summed E-state index contributed by atoms with van der Waals surface area (Å²) in [7, 11) is 1.59. The van der Waals surface area contributed by atoms with Gasteiger partial charge in [-0.3, -0.25) is 4.79 Å². The van der Waals surface area contributed by atoms with Crippen molar-refractivity contribution in [1.29, 1.82) is 0 Å². The van der Waals surface area contributed by atoms with Crippen LogP contribution in [0, 0.1) is 6.92 Å². The van der Waals surface area contributed by atoms with Gasteiger partial charge in [-0.1, -0.05) is 30.3 Å². The van der Waals surface area contributed by atoms with Crippen molar-refractivity contribution in [3.8, 4) is 22.6 Å². The van der Waals surface area contributed by atoms with Crippen LogP contribution in [0.3, 0.4) is 0 Å². The summed E-state index contributed by atoms with van der Waals surface area (Å²) in [5, 5.41) is 0.418. The van der Waals surface area contributed by atoms with Crippen LogP contribution in [0.4, 0.5) is 0 Å². The smallest absolute Gasteiger partial charge is 0.343 e. The highest BCUT2D eigenvalue weighted by molar-refractivity contribution is 5.92. The maximum atomic E-state index is 13.1. The number of carbonyl (C=O) groups is 1. The van der Waals surface area contributed by atoms with E-state index in [1.54, 1.807) is 68.6 Å². The first kappa shape index (κ1) is 18.5. The van der Waals surface area contributed by atoms with Crippen LogP contribution in [-0.4, -0.2) is 13.1 Å². The molecule has 0 aliphatic heterocycles. The van der Waals surface area contributed by atoms with Crippen LogP contribution in [-0.2, 0) is 0 Å². The van der Waals surface area contributed by atoms with Gasteiger partial charge >= 0.3 is 5.97 Å². The number of hydrogen-bond acceptors (Lipinski definition) is 5. The van der Waals surface area contributed by atoms with Gasteiger partial charge in [0.05, 0.1) is 23.6 Å². The van der Waals surface area contributed by atoms with E-state index in [0.29, 0.717) is 39.4 Å². The van der Waals surface area contributed by atoms with Gasteiger partial charge in [0, 0.05) is 6.07 Å². The van der Waals surface area contributed by atoms with E-state index in [-0.39, 0.29) is 5.43 Å². The molecule has 29 heavy (non-hydrogen) atoms. The predicted molar refractivity (Wildman–Crippen MR) is 111 cm³/mol. The summed E-state index contributed by atoms with van der Waals surface area (Å²) < 4.78 is 16.5. The molecule has 0 amide bonds. The van der Waals surface area contributed by atoms with E-state index in [1.807, 2.05) is 18.2 Å². The van der Waals surface area contributed by atoms with Gasteiger partial charge in [-0.05, 0) is 48.9 Å². The lowest BCUT2D eigenvalue weighted by atomic mass is 10.0. The lowest BCUT2D eigenvalue weighted by Crippen LogP contribution is -2.10. The van der Waals surface area contributed by atoms with Gasteiger partial charge in [0.25, 0.3) is 0 Å². The van der Waals surface area contributed by atoms with E-state index in [9.17, 15) is 9.59 Å². The molecule has 5 nitrogen and oxygen atoms in total. The molecule has 144 valence electrons. The van der Waals surface area contributed by atoms with Gasteiger partial charge in [-0.15, -0.1) is 0 Å². The first-order valence-corrected chi connectivity index (χ1v) is 9.06. The molecule has 0 saturated heterocycles. The Morgan fingerprint density at radius 1 is 0.897 bits per heavy atom. The summed E-state index contributed by atoms with van der Waals surface area (Å²) in [6.07, 6.45) is 0. The van der Waals surface area contributed by atoms with Crippen molar-refractivity contribution >= 4 is 16.9 Å². The fourth-order valence-corrected chi connectivity index (χ4v) is 3.18. The summed E-state index contributed by atoms with van der Waals surface area (Å²) in [4.78, 5) is 25.3.